The first-order valence-corrected chi connectivity index (χ1v) is 6.82. The quantitative estimate of drug-likeness (QED) is 0.642. The summed E-state index contributed by atoms with van der Waals surface area (Å²) in [6.45, 7) is 0. The van der Waals surface area contributed by atoms with Crippen LogP contribution in [0, 0.1) is 11.3 Å². The molecule has 3 aromatic rings. The molecule has 23 heavy (non-hydrogen) atoms. The van der Waals surface area contributed by atoms with Crippen LogP contribution in [-0.2, 0) is 0 Å². The summed E-state index contributed by atoms with van der Waals surface area (Å²) in [6, 6.07) is 15.9. The number of H-pyrrole nitrogens is 1. The lowest BCUT2D eigenvalue weighted by Crippen LogP contribution is -1.97. The van der Waals surface area contributed by atoms with Gasteiger partial charge in [-0.2, -0.15) is 5.26 Å². The third-order valence-corrected chi connectivity index (χ3v) is 3.28. The predicted molar refractivity (Wildman–Crippen MR) is 86.7 cm³/mol. The number of aromatic amines is 1. The number of carboxylic acid groups (broad SMARTS) is 1. The average Bonchev–Trinajstić information content (AvgIpc) is 2.99. The van der Waals surface area contributed by atoms with E-state index in [2.05, 4.69) is 21.4 Å². The number of para-hydroxylation sites is 2. The third-order valence-electron chi connectivity index (χ3n) is 3.28. The average molecular weight is 304 g/mol. The van der Waals surface area contributed by atoms with Crippen molar-refractivity contribution in [3.8, 4) is 6.07 Å². The molecule has 3 rings (SSSR count). The number of benzene rings is 2. The molecule has 0 bridgehead atoms. The summed E-state index contributed by atoms with van der Waals surface area (Å²) in [4.78, 5) is 18.3. The lowest BCUT2D eigenvalue weighted by atomic mass is 10.2. The van der Waals surface area contributed by atoms with E-state index in [0.717, 1.165) is 11.0 Å². The van der Waals surface area contributed by atoms with Crippen molar-refractivity contribution in [3.63, 3.8) is 0 Å². The highest BCUT2D eigenvalue weighted by Gasteiger charge is 2.07. The predicted octanol–water partition coefficient (Wildman–Crippen LogP) is 3.24. The van der Waals surface area contributed by atoms with E-state index in [-0.39, 0.29) is 5.56 Å². The maximum absolute atomic E-state index is 10.8. The van der Waals surface area contributed by atoms with E-state index in [0.29, 0.717) is 17.1 Å². The minimum Gasteiger partial charge on any atom is -0.478 e. The number of nitrogens with zero attached hydrogens (tertiary/aromatic N) is 2. The fraction of sp³-hybridized carbons (Fsp3) is 0. The number of aromatic carboxylic acids is 1. The molecule has 0 aliphatic heterocycles. The van der Waals surface area contributed by atoms with E-state index in [1.54, 1.807) is 12.1 Å². The molecule has 1 aromatic heterocycles. The van der Waals surface area contributed by atoms with Crippen LogP contribution in [0.5, 0.6) is 0 Å². The summed E-state index contributed by atoms with van der Waals surface area (Å²) in [5.74, 6) is -0.504. The number of hydrogen-bond donors (Lipinski definition) is 3. The van der Waals surface area contributed by atoms with Gasteiger partial charge in [-0.3, -0.25) is 0 Å². The molecule has 0 aliphatic rings. The molecule has 0 atom stereocenters. The van der Waals surface area contributed by atoms with Gasteiger partial charge >= 0.3 is 5.97 Å². The monoisotopic (exact) mass is 304 g/mol. The Labute approximate surface area is 131 Å². The highest BCUT2D eigenvalue weighted by Crippen LogP contribution is 2.17. The first-order chi connectivity index (χ1) is 11.2. The molecule has 0 saturated carbocycles. The first kappa shape index (κ1) is 14.4. The van der Waals surface area contributed by atoms with Crippen LogP contribution in [0.3, 0.4) is 0 Å². The molecule has 0 amide bonds. The Bertz CT molecular complexity index is 900. The zero-order chi connectivity index (χ0) is 16.2. The third kappa shape index (κ3) is 3.04. The summed E-state index contributed by atoms with van der Waals surface area (Å²) in [6.07, 6.45) is 1.54. The second kappa shape index (κ2) is 6.03. The molecule has 112 valence electrons. The largest absolute Gasteiger partial charge is 0.478 e. The SMILES string of the molecule is N#C/C(=C\Nc1ccc(C(=O)O)cc1)c1nc2ccccc2[nH]1. The van der Waals surface area contributed by atoms with Gasteiger partial charge in [-0.25, -0.2) is 9.78 Å². The molecule has 2 aromatic carbocycles. The van der Waals surface area contributed by atoms with Crippen molar-refractivity contribution in [1.82, 2.24) is 9.97 Å². The van der Waals surface area contributed by atoms with E-state index in [1.165, 1.54) is 18.3 Å². The van der Waals surface area contributed by atoms with Crippen molar-refractivity contribution < 1.29 is 9.90 Å². The smallest absolute Gasteiger partial charge is 0.335 e. The van der Waals surface area contributed by atoms with Gasteiger partial charge in [0.25, 0.3) is 0 Å². The number of imidazole rings is 1. The normalized spacial score (nSPS) is 11.2. The molecule has 0 saturated heterocycles. The van der Waals surface area contributed by atoms with Crippen molar-refractivity contribution in [2.24, 2.45) is 0 Å². The van der Waals surface area contributed by atoms with Crippen LogP contribution < -0.4 is 5.32 Å². The molecule has 0 radical (unpaired) electrons. The van der Waals surface area contributed by atoms with Crippen LogP contribution in [-0.4, -0.2) is 21.0 Å². The number of anilines is 1. The number of carbonyl (C=O) groups is 1. The summed E-state index contributed by atoms with van der Waals surface area (Å²) >= 11 is 0. The van der Waals surface area contributed by atoms with E-state index in [4.69, 9.17) is 5.11 Å². The van der Waals surface area contributed by atoms with Gasteiger partial charge in [-0.1, -0.05) is 12.1 Å². The van der Waals surface area contributed by atoms with E-state index in [9.17, 15) is 10.1 Å². The second-order valence-corrected chi connectivity index (χ2v) is 4.80. The maximum atomic E-state index is 10.8. The van der Waals surface area contributed by atoms with Gasteiger partial charge in [-0.15, -0.1) is 0 Å². The minimum atomic E-state index is -0.980. The van der Waals surface area contributed by atoms with Gasteiger partial charge in [0.1, 0.15) is 11.6 Å². The highest BCUT2D eigenvalue weighted by atomic mass is 16.4. The van der Waals surface area contributed by atoms with Crippen molar-refractivity contribution in [3.05, 3.63) is 66.1 Å². The number of allylic oxidation sites excluding steroid dienone is 1. The lowest BCUT2D eigenvalue weighted by molar-refractivity contribution is 0.0697. The maximum Gasteiger partial charge on any atom is 0.335 e. The molecule has 6 heteroatoms. The van der Waals surface area contributed by atoms with Gasteiger partial charge in [0.05, 0.1) is 16.6 Å². The van der Waals surface area contributed by atoms with Gasteiger partial charge in [0, 0.05) is 11.9 Å². The molecule has 0 spiro atoms. The number of nitrogens with one attached hydrogen (secondary N) is 2. The summed E-state index contributed by atoms with van der Waals surface area (Å²) < 4.78 is 0. The molecular formula is C17H12N4O2. The van der Waals surface area contributed by atoms with Crippen LogP contribution in [0.4, 0.5) is 5.69 Å². The first-order valence-electron chi connectivity index (χ1n) is 6.82. The fourth-order valence-electron chi connectivity index (χ4n) is 2.10. The molecule has 0 unspecified atom stereocenters. The van der Waals surface area contributed by atoms with Crippen LogP contribution in [0.25, 0.3) is 16.6 Å². The molecule has 0 fully saturated rings. The van der Waals surface area contributed by atoms with Crippen molar-refractivity contribution in [1.29, 1.82) is 5.26 Å². The number of carboxylic acids is 1. The number of nitriles is 1. The van der Waals surface area contributed by atoms with Gasteiger partial charge < -0.3 is 15.4 Å². The van der Waals surface area contributed by atoms with Crippen molar-refractivity contribution >= 4 is 28.3 Å². The van der Waals surface area contributed by atoms with Crippen molar-refractivity contribution in [2.45, 2.75) is 0 Å². The summed E-state index contributed by atoms with van der Waals surface area (Å²) in [5, 5.41) is 21.1. The number of aromatic nitrogens is 2. The second-order valence-electron chi connectivity index (χ2n) is 4.80. The van der Waals surface area contributed by atoms with Crippen LogP contribution >= 0.6 is 0 Å². The standard InChI is InChI=1S/C17H12N4O2/c18-9-12(16-20-14-3-1-2-4-15(14)21-16)10-19-13-7-5-11(6-8-13)17(22)23/h1-8,10,19H,(H,20,21)(H,22,23)/b12-10+. The van der Waals surface area contributed by atoms with E-state index >= 15 is 0 Å². The van der Waals surface area contributed by atoms with Crippen LogP contribution in [0.15, 0.2) is 54.7 Å². The highest BCUT2D eigenvalue weighted by molar-refractivity contribution is 5.88. The summed E-state index contributed by atoms with van der Waals surface area (Å²) in [5.41, 5.74) is 2.88. The molecule has 0 aliphatic carbocycles. The number of rotatable bonds is 4. The Hall–Kier alpha value is -3.59. The molecule has 3 N–H and O–H groups in total. The lowest BCUT2D eigenvalue weighted by Gasteiger charge is -2.02. The Kier molecular flexibility index (Phi) is 3.77. The Morgan fingerprint density at radius 1 is 1.22 bits per heavy atom. The molecule has 6 nitrogen and oxygen atoms in total. The Balaban J connectivity index is 1.84. The Morgan fingerprint density at radius 2 is 1.96 bits per heavy atom. The zero-order valence-corrected chi connectivity index (χ0v) is 11.9. The van der Waals surface area contributed by atoms with Crippen LogP contribution in [0.2, 0.25) is 0 Å². The van der Waals surface area contributed by atoms with E-state index in [1.807, 2.05) is 24.3 Å². The zero-order valence-electron chi connectivity index (χ0n) is 11.9. The minimum absolute atomic E-state index is 0.206. The van der Waals surface area contributed by atoms with Gasteiger partial charge in [0.15, 0.2) is 5.82 Å². The molecular weight excluding hydrogens is 292 g/mol. The number of hydrogen-bond acceptors (Lipinski definition) is 4. The topological polar surface area (TPSA) is 102 Å². The van der Waals surface area contributed by atoms with Gasteiger partial charge in [-0.05, 0) is 36.4 Å². The van der Waals surface area contributed by atoms with E-state index < -0.39 is 5.97 Å². The van der Waals surface area contributed by atoms with Crippen molar-refractivity contribution in [2.75, 3.05) is 5.32 Å². The molecule has 1 heterocycles. The van der Waals surface area contributed by atoms with Crippen LogP contribution in [0.1, 0.15) is 16.2 Å². The number of fused-ring (bicyclic) bond motifs is 1. The summed E-state index contributed by atoms with van der Waals surface area (Å²) in [7, 11) is 0. The Morgan fingerprint density at radius 3 is 2.61 bits per heavy atom. The fourth-order valence-corrected chi connectivity index (χ4v) is 2.10. The van der Waals surface area contributed by atoms with Gasteiger partial charge in [0.2, 0.25) is 0 Å².